The molecule has 0 bridgehead atoms. The predicted molar refractivity (Wildman–Crippen MR) is 78.4 cm³/mol. The van der Waals surface area contributed by atoms with Crippen LogP contribution in [0.25, 0.3) is 0 Å². The fourth-order valence-corrected chi connectivity index (χ4v) is 2.82. The van der Waals surface area contributed by atoms with Crippen LogP contribution in [0.15, 0.2) is 18.3 Å². The molecule has 1 aromatic rings. The first-order valence-corrected chi connectivity index (χ1v) is 7.23. The minimum absolute atomic E-state index is 0.141. The van der Waals surface area contributed by atoms with Crippen LogP contribution in [0.3, 0.4) is 0 Å². The highest BCUT2D eigenvalue weighted by atomic mass is 32.1. The van der Waals surface area contributed by atoms with Gasteiger partial charge in [-0.1, -0.05) is 6.58 Å². The lowest BCUT2D eigenvalue weighted by Gasteiger charge is -2.33. The third kappa shape index (κ3) is 3.96. The quantitative estimate of drug-likeness (QED) is 0.894. The summed E-state index contributed by atoms with van der Waals surface area (Å²) in [6.07, 6.45) is 1.92. The molecule has 0 spiro atoms. The first-order chi connectivity index (χ1) is 9.04. The van der Waals surface area contributed by atoms with Gasteiger partial charge in [-0.25, -0.2) is 4.79 Å². The molecule has 2 N–H and O–H groups in total. The summed E-state index contributed by atoms with van der Waals surface area (Å²) >= 11 is 1.30. The highest BCUT2D eigenvalue weighted by Crippen LogP contribution is 2.16. The van der Waals surface area contributed by atoms with Gasteiger partial charge < -0.3 is 10.2 Å². The van der Waals surface area contributed by atoms with Gasteiger partial charge in [0.25, 0.3) is 0 Å². The van der Waals surface area contributed by atoms with E-state index in [1.165, 1.54) is 11.5 Å². The largest absolute Gasteiger partial charge is 0.375 e. The molecule has 19 heavy (non-hydrogen) atoms. The molecule has 1 aliphatic rings. The summed E-state index contributed by atoms with van der Waals surface area (Å²) in [5.41, 5.74) is 2.03. The zero-order valence-corrected chi connectivity index (χ0v) is 12.2. The normalized spacial score (nSPS) is 16.2. The molecule has 1 aliphatic heterocycles. The molecule has 1 aromatic heterocycles. The van der Waals surface area contributed by atoms with Crippen molar-refractivity contribution in [1.82, 2.24) is 14.6 Å². The van der Waals surface area contributed by atoms with E-state index in [1.807, 2.05) is 19.9 Å². The molecule has 0 aromatic carbocycles. The van der Waals surface area contributed by atoms with E-state index in [0.717, 1.165) is 42.3 Å². The van der Waals surface area contributed by atoms with Crippen molar-refractivity contribution >= 4 is 22.6 Å². The highest BCUT2D eigenvalue weighted by molar-refractivity contribution is 7.10. The Morgan fingerprint density at radius 1 is 1.53 bits per heavy atom. The molecule has 0 radical (unpaired) electrons. The molecular weight excluding hydrogens is 260 g/mol. The molecule has 104 valence electrons. The molecule has 2 amide bonds. The zero-order valence-electron chi connectivity index (χ0n) is 11.4. The van der Waals surface area contributed by atoms with Gasteiger partial charge in [-0.15, -0.1) is 0 Å². The minimum atomic E-state index is -0.141. The van der Waals surface area contributed by atoms with Crippen molar-refractivity contribution in [2.45, 2.75) is 32.7 Å². The summed E-state index contributed by atoms with van der Waals surface area (Å²) in [5.74, 6) is 0. The van der Waals surface area contributed by atoms with Crippen LogP contribution < -0.4 is 10.6 Å². The van der Waals surface area contributed by atoms with Gasteiger partial charge in [0.2, 0.25) is 0 Å². The molecular formula is C13H20N4OS. The second kappa shape index (κ2) is 6.06. The Balaban J connectivity index is 1.76. The number of likely N-dealkylation sites (tertiary alicyclic amines) is 1. The van der Waals surface area contributed by atoms with E-state index in [4.69, 9.17) is 0 Å². The number of carbonyl (C=O) groups is 1. The van der Waals surface area contributed by atoms with E-state index in [9.17, 15) is 4.79 Å². The van der Waals surface area contributed by atoms with Crippen LogP contribution in [0.2, 0.25) is 0 Å². The fourth-order valence-electron chi connectivity index (χ4n) is 2.16. The summed E-state index contributed by atoms with van der Waals surface area (Å²) in [4.78, 5) is 14.1. The highest BCUT2D eigenvalue weighted by Gasteiger charge is 2.20. The lowest BCUT2D eigenvalue weighted by atomic mass is 10.1. The van der Waals surface area contributed by atoms with Crippen LogP contribution in [-0.2, 0) is 0 Å². The van der Waals surface area contributed by atoms with Gasteiger partial charge in [0, 0.05) is 24.8 Å². The Labute approximate surface area is 117 Å². The maximum absolute atomic E-state index is 11.8. The monoisotopic (exact) mass is 280 g/mol. The molecule has 2 heterocycles. The summed E-state index contributed by atoms with van der Waals surface area (Å²) in [7, 11) is 0. The number of nitrogens with one attached hydrogen (secondary N) is 2. The van der Waals surface area contributed by atoms with E-state index in [1.54, 1.807) is 0 Å². The SMILES string of the molecule is C=C(C)N1CCC(NC(=O)Nc2cc(C)ns2)CC1. The Morgan fingerprint density at radius 2 is 2.21 bits per heavy atom. The van der Waals surface area contributed by atoms with E-state index >= 15 is 0 Å². The van der Waals surface area contributed by atoms with Crippen molar-refractivity contribution in [2.75, 3.05) is 18.4 Å². The van der Waals surface area contributed by atoms with E-state index in [-0.39, 0.29) is 12.1 Å². The van der Waals surface area contributed by atoms with Crippen molar-refractivity contribution in [3.63, 3.8) is 0 Å². The number of rotatable bonds is 3. The molecule has 0 aliphatic carbocycles. The summed E-state index contributed by atoms with van der Waals surface area (Å²) < 4.78 is 4.13. The topological polar surface area (TPSA) is 57.3 Å². The molecule has 5 nitrogen and oxygen atoms in total. The number of piperidine rings is 1. The Bertz CT molecular complexity index is 463. The van der Waals surface area contributed by atoms with Gasteiger partial charge >= 0.3 is 6.03 Å². The van der Waals surface area contributed by atoms with Crippen LogP contribution in [0.4, 0.5) is 9.80 Å². The molecule has 1 fully saturated rings. The number of aryl methyl sites for hydroxylation is 1. The zero-order chi connectivity index (χ0) is 13.8. The van der Waals surface area contributed by atoms with Crippen LogP contribution in [0.1, 0.15) is 25.5 Å². The number of aromatic nitrogens is 1. The first-order valence-electron chi connectivity index (χ1n) is 6.46. The number of amides is 2. The van der Waals surface area contributed by atoms with Gasteiger partial charge in [-0.3, -0.25) is 5.32 Å². The summed E-state index contributed by atoms with van der Waals surface area (Å²) in [6, 6.07) is 1.97. The maximum Gasteiger partial charge on any atom is 0.320 e. The molecule has 0 unspecified atom stereocenters. The maximum atomic E-state index is 11.8. The third-order valence-corrected chi connectivity index (χ3v) is 4.03. The molecule has 1 saturated heterocycles. The molecule has 2 rings (SSSR count). The number of hydrogen-bond donors (Lipinski definition) is 2. The van der Waals surface area contributed by atoms with Crippen molar-refractivity contribution < 1.29 is 4.79 Å². The van der Waals surface area contributed by atoms with Gasteiger partial charge in [0.05, 0.1) is 5.69 Å². The Morgan fingerprint density at radius 3 is 2.74 bits per heavy atom. The standard InChI is InChI=1S/C13H20N4OS/c1-9(2)17-6-4-11(5-7-17)14-13(18)15-12-8-10(3)16-19-12/h8,11H,1,4-7H2,2-3H3,(H2,14,15,18). The van der Waals surface area contributed by atoms with Gasteiger partial charge in [-0.05, 0) is 44.3 Å². The van der Waals surface area contributed by atoms with E-state index in [0.29, 0.717) is 0 Å². The van der Waals surface area contributed by atoms with Crippen molar-refractivity contribution in [2.24, 2.45) is 0 Å². The number of anilines is 1. The van der Waals surface area contributed by atoms with Crippen molar-refractivity contribution in [3.8, 4) is 0 Å². The van der Waals surface area contributed by atoms with Crippen LogP contribution >= 0.6 is 11.5 Å². The lowest BCUT2D eigenvalue weighted by Crippen LogP contribution is -2.45. The van der Waals surface area contributed by atoms with Crippen molar-refractivity contribution in [1.29, 1.82) is 0 Å². The molecule has 6 heteroatoms. The van der Waals surface area contributed by atoms with Crippen LogP contribution in [0, 0.1) is 6.92 Å². The smallest absolute Gasteiger partial charge is 0.320 e. The average Bonchev–Trinajstić information content (AvgIpc) is 2.75. The van der Waals surface area contributed by atoms with E-state index in [2.05, 4.69) is 26.5 Å². The average molecular weight is 280 g/mol. The number of carbonyl (C=O) groups excluding carboxylic acids is 1. The van der Waals surface area contributed by atoms with Gasteiger partial charge in [0.1, 0.15) is 5.00 Å². The second-order valence-electron chi connectivity index (χ2n) is 4.93. The van der Waals surface area contributed by atoms with Crippen LogP contribution in [-0.4, -0.2) is 34.4 Å². The predicted octanol–water partition coefficient (Wildman–Crippen LogP) is 2.57. The summed E-state index contributed by atoms with van der Waals surface area (Å²) in [6.45, 7) is 9.79. The Hall–Kier alpha value is -1.56. The summed E-state index contributed by atoms with van der Waals surface area (Å²) in [5, 5.41) is 6.61. The van der Waals surface area contributed by atoms with Gasteiger partial charge in [-0.2, -0.15) is 4.37 Å². The second-order valence-corrected chi connectivity index (χ2v) is 5.73. The number of urea groups is 1. The first kappa shape index (κ1) is 13.9. The minimum Gasteiger partial charge on any atom is -0.375 e. The molecule has 0 saturated carbocycles. The number of nitrogens with zero attached hydrogens (tertiary/aromatic N) is 2. The van der Waals surface area contributed by atoms with Crippen molar-refractivity contribution in [3.05, 3.63) is 24.0 Å². The van der Waals surface area contributed by atoms with Crippen LogP contribution in [0.5, 0.6) is 0 Å². The fraction of sp³-hybridized carbons (Fsp3) is 0.538. The van der Waals surface area contributed by atoms with E-state index < -0.39 is 0 Å². The molecule has 0 atom stereocenters. The number of allylic oxidation sites excluding steroid dienone is 1. The lowest BCUT2D eigenvalue weighted by molar-refractivity contribution is 0.225. The van der Waals surface area contributed by atoms with Gasteiger partial charge in [0.15, 0.2) is 0 Å². The third-order valence-electron chi connectivity index (χ3n) is 3.23. The Kier molecular flexibility index (Phi) is 4.42. The number of hydrogen-bond acceptors (Lipinski definition) is 4.